The molecule has 2 aromatic rings. The molecule has 1 aromatic carbocycles. The molecule has 1 unspecified atom stereocenters. The van der Waals surface area contributed by atoms with Gasteiger partial charge in [0.2, 0.25) is 0 Å². The molecule has 2 N–H and O–H groups in total. The van der Waals surface area contributed by atoms with Crippen LogP contribution < -0.4 is 5.73 Å². The maximum atomic E-state index is 6.02. The molecule has 0 aliphatic carbocycles. The summed E-state index contributed by atoms with van der Waals surface area (Å²) in [6, 6.07) is 8.02. The summed E-state index contributed by atoms with van der Waals surface area (Å²) in [7, 11) is 0. The molecular formula is C14H17ClN2S. The van der Waals surface area contributed by atoms with E-state index in [2.05, 4.69) is 18.8 Å². The lowest BCUT2D eigenvalue weighted by Crippen LogP contribution is -2.21. The Hall–Kier alpha value is -0.900. The Morgan fingerprint density at radius 3 is 2.89 bits per heavy atom. The highest BCUT2D eigenvalue weighted by Gasteiger charge is 2.12. The van der Waals surface area contributed by atoms with E-state index in [1.807, 2.05) is 24.3 Å². The molecule has 0 radical (unpaired) electrons. The number of thiazole rings is 1. The summed E-state index contributed by atoms with van der Waals surface area (Å²) in [5, 5.41) is 1.85. The van der Waals surface area contributed by atoms with Gasteiger partial charge >= 0.3 is 0 Å². The van der Waals surface area contributed by atoms with Gasteiger partial charge in [0.1, 0.15) is 0 Å². The summed E-state index contributed by atoms with van der Waals surface area (Å²) in [5.74, 6) is 0. The van der Waals surface area contributed by atoms with Crippen molar-refractivity contribution in [3.63, 3.8) is 0 Å². The van der Waals surface area contributed by atoms with Crippen molar-refractivity contribution in [3.8, 4) is 11.3 Å². The number of nitrogens with zero attached hydrogens (tertiary/aromatic N) is 1. The lowest BCUT2D eigenvalue weighted by Gasteiger charge is -2.04. The fourth-order valence-corrected chi connectivity index (χ4v) is 3.05. The third-order valence-electron chi connectivity index (χ3n) is 2.90. The van der Waals surface area contributed by atoms with Crippen molar-refractivity contribution in [2.75, 3.05) is 0 Å². The maximum Gasteiger partial charge on any atom is 0.0950 e. The van der Waals surface area contributed by atoms with Crippen LogP contribution in [-0.4, -0.2) is 11.0 Å². The maximum absolute atomic E-state index is 6.02. The molecule has 0 amide bonds. The van der Waals surface area contributed by atoms with Gasteiger partial charge in [-0.2, -0.15) is 0 Å². The standard InChI is InChI=1S/C14H17ClN2S/c1-3-12(16)8-13-17-14(9(2)18-13)10-5-4-6-11(15)7-10/h4-7,12H,3,8,16H2,1-2H3. The van der Waals surface area contributed by atoms with Crippen LogP contribution in [0.2, 0.25) is 5.02 Å². The first-order chi connectivity index (χ1) is 8.60. The van der Waals surface area contributed by atoms with Gasteiger partial charge in [-0.1, -0.05) is 30.7 Å². The summed E-state index contributed by atoms with van der Waals surface area (Å²) < 4.78 is 0. The molecule has 2 rings (SSSR count). The molecule has 0 aliphatic rings. The molecule has 0 spiro atoms. The van der Waals surface area contributed by atoms with E-state index in [1.54, 1.807) is 11.3 Å². The Balaban J connectivity index is 2.29. The predicted octanol–water partition coefficient (Wildman–Crippen LogP) is 4.05. The number of benzene rings is 1. The number of aryl methyl sites for hydroxylation is 1. The van der Waals surface area contributed by atoms with Crippen molar-refractivity contribution in [1.29, 1.82) is 0 Å². The third-order valence-corrected chi connectivity index (χ3v) is 4.13. The van der Waals surface area contributed by atoms with Gasteiger partial charge in [-0.3, -0.25) is 0 Å². The van der Waals surface area contributed by atoms with Gasteiger partial charge < -0.3 is 5.73 Å². The van der Waals surface area contributed by atoms with Crippen LogP contribution in [0.15, 0.2) is 24.3 Å². The first-order valence-corrected chi connectivity index (χ1v) is 7.27. The fraction of sp³-hybridized carbons (Fsp3) is 0.357. The molecule has 0 fully saturated rings. The van der Waals surface area contributed by atoms with Gasteiger partial charge in [-0.25, -0.2) is 4.98 Å². The van der Waals surface area contributed by atoms with Gasteiger partial charge in [-0.15, -0.1) is 11.3 Å². The summed E-state index contributed by atoms with van der Waals surface area (Å²) in [4.78, 5) is 5.91. The van der Waals surface area contributed by atoms with Crippen molar-refractivity contribution >= 4 is 22.9 Å². The van der Waals surface area contributed by atoms with E-state index in [0.717, 1.165) is 34.1 Å². The van der Waals surface area contributed by atoms with Crippen molar-refractivity contribution in [2.24, 2.45) is 5.73 Å². The number of halogens is 1. The monoisotopic (exact) mass is 280 g/mol. The minimum absolute atomic E-state index is 0.197. The van der Waals surface area contributed by atoms with Crippen LogP contribution in [0.4, 0.5) is 0 Å². The van der Waals surface area contributed by atoms with Crippen LogP contribution >= 0.6 is 22.9 Å². The van der Waals surface area contributed by atoms with E-state index >= 15 is 0 Å². The van der Waals surface area contributed by atoms with Crippen LogP contribution in [0, 0.1) is 6.92 Å². The van der Waals surface area contributed by atoms with Gasteiger partial charge in [0, 0.05) is 27.9 Å². The Bertz CT molecular complexity index is 536. The molecule has 18 heavy (non-hydrogen) atoms. The molecule has 96 valence electrons. The van der Waals surface area contributed by atoms with E-state index < -0.39 is 0 Å². The minimum Gasteiger partial charge on any atom is -0.327 e. The molecule has 0 bridgehead atoms. The second-order valence-corrected chi connectivity index (χ2v) is 6.12. The van der Waals surface area contributed by atoms with Crippen LogP contribution in [0.3, 0.4) is 0 Å². The van der Waals surface area contributed by atoms with Gasteiger partial charge in [0.15, 0.2) is 0 Å². The van der Waals surface area contributed by atoms with E-state index in [9.17, 15) is 0 Å². The van der Waals surface area contributed by atoms with Crippen molar-refractivity contribution in [1.82, 2.24) is 4.98 Å². The van der Waals surface area contributed by atoms with Crippen molar-refractivity contribution < 1.29 is 0 Å². The van der Waals surface area contributed by atoms with Crippen LogP contribution in [0.25, 0.3) is 11.3 Å². The zero-order valence-corrected chi connectivity index (χ0v) is 12.2. The highest BCUT2D eigenvalue weighted by Crippen LogP contribution is 2.29. The number of aromatic nitrogens is 1. The quantitative estimate of drug-likeness (QED) is 0.917. The second-order valence-electron chi connectivity index (χ2n) is 4.40. The summed E-state index contributed by atoms with van der Waals surface area (Å²) >= 11 is 7.74. The Morgan fingerprint density at radius 2 is 2.22 bits per heavy atom. The smallest absolute Gasteiger partial charge is 0.0950 e. The van der Waals surface area contributed by atoms with Gasteiger partial charge in [0.25, 0.3) is 0 Å². The van der Waals surface area contributed by atoms with Gasteiger partial charge in [-0.05, 0) is 25.5 Å². The molecular weight excluding hydrogens is 264 g/mol. The Morgan fingerprint density at radius 1 is 1.44 bits per heavy atom. The molecule has 2 nitrogen and oxygen atoms in total. The molecule has 1 aromatic heterocycles. The van der Waals surface area contributed by atoms with Crippen LogP contribution in [0.5, 0.6) is 0 Å². The highest BCUT2D eigenvalue weighted by atomic mass is 35.5. The molecule has 0 aliphatic heterocycles. The van der Waals surface area contributed by atoms with E-state index in [-0.39, 0.29) is 6.04 Å². The summed E-state index contributed by atoms with van der Waals surface area (Å²) in [6.07, 6.45) is 1.83. The minimum atomic E-state index is 0.197. The Labute approximate surface area is 117 Å². The number of hydrogen-bond acceptors (Lipinski definition) is 3. The predicted molar refractivity (Wildman–Crippen MR) is 79.3 cm³/mol. The zero-order chi connectivity index (χ0) is 13.1. The average molecular weight is 281 g/mol. The lowest BCUT2D eigenvalue weighted by molar-refractivity contribution is 0.644. The normalized spacial score (nSPS) is 12.7. The highest BCUT2D eigenvalue weighted by molar-refractivity contribution is 7.12. The molecule has 4 heteroatoms. The third kappa shape index (κ3) is 3.10. The first kappa shape index (κ1) is 13.5. The largest absolute Gasteiger partial charge is 0.327 e. The first-order valence-electron chi connectivity index (χ1n) is 6.08. The lowest BCUT2D eigenvalue weighted by atomic mass is 10.1. The van der Waals surface area contributed by atoms with Crippen molar-refractivity contribution in [2.45, 2.75) is 32.7 Å². The molecule has 0 saturated heterocycles. The van der Waals surface area contributed by atoms with E-state index in [4.69, 9.17) is 17.3 Å². The average Bonchev–Trinajstić information content (AvgIpc) is 2.70. The molecule has 1 atom stereocenters. The number of hydrogen-bond donors (Lipinski definition) is 1. The second kappa shape index (κ2) is 5.83. The topological polar surface area (TPSA) is 38.9 Å². The van der Waals surface area contributed by atoms with Crippen molar-refractivity contribution in [3.05, 3.63) is 39.2 Å². The summed E-state index contributed by atoms with van der Waals surface area (Å²) in [6.45, 7) is 4.19. The molecule has 1 heterocycles. The van der Waals surface area contributed by atoms with Crippen LogP contribution in [0.1, 0.15) is 23.2 Å². The van der Waals surface area contributed by atoms with Gasteiger partial charge in [0.05, 0.1) is 10.7 Å². The SMILES string of the molecule is CCC(N)Cc1nc(-c2cccc(Cl)c2)c(C)s1. The molecule has 0 saturated carbocycles. The van der Waals surface area contributed by atoms with E-state index in [0.29, 0.717) is 0 Å². The summed E-state index contributed by atoms with van der Waals surface area (Å²) in [5.41, 5.74) is 8.08. The Kier molecular flexibility index (Phi) is 4.38. The number of nitrogens with two attached hydrogens (primary N) is 1. The fourth-order valence-electron chi connectivity index (χ4n) is 1.81. The van der Waals surface area contributed by atoms with E-state index in [1.165, 1.54) is 4.88 Å². The zero-order valence-electron chi connectivity index (χ0n) is 10.6. The van der Waals surface area contributed by atoms with Crippen LogP contribution in [-0.2, 0) is 6.42 Å². The number of rotatable bonds is 4.